The number of carbonyl (C=O) groups is 4. The molecule has 164 valence electrons. The van der Waals surface area contributed by atoms with Crippen LogP contribution in [0.4, 0.5) is 4.79 Å². The van der Waals surface area contributed by atoms with Gasteiger partial charge in [-0.25, -0.2) is 9.59 Å². The topological polar surface area (TPSA) is 116 Å². The van der Waals surface area contributed by atoms with Crippen LogP contribution in [0.5, 0.6) is 0 Å². The minimum atomic E-state index is -1.05. The van der Waals surface area contributed by atoms with Gasteiger partial charge in [0.05, 0.1) is 6.54 Å². The van der Waals surface area contributed by atoms with Gasteiger partial charge in [-0.05, 0) is 46.0 Å². The van der Waals surface area contributed by atoms with Crippen LogP contribution in [0.3, 0.4) is 0 Å². The standard InChI is InChI=1S/C20H33N3O6/c1-12(2)10-16(24)22-9-8-13-6-7-15(18(26)27)23(13)17(25)14(11-22)21-19(28)29-20(3,4)5/h12-15H,6-11H2,1-5H3,(H,21,28)(H,26,27)/t13-,14+,15+/m1/s1. The summed E-state index contributed by atoms with van der Waals surface area (Å²) >= 11 is 0. The van der Waals surface area contributed by atoms with Crippen LogP contribution in [-0.2, 0) is 19.1 Å². The second-order valence-corrected chi connectivity index (χ2v) is 9.26. The Morgan fingerprint density at radius 1 is 1.21 bits per heavy atom. The van der Waals surface area contributed by atoms with Gasteiger partial charge in [-0.15, -0.1) is 0 Å². The van der Waals surface area contributed by atoms with Gasteiger partial charge in [-0.3, -0.25) is 9.59 Å². The zero-order valence-electron chi connectivity index (χ0n) is 17.9. The maximum Gasteiger partial charge on any atom is 0.408 e. The summed E-state index contributed by atoms with van der Waals surface area (Å²) in [6.45, 7) is 9.43. The van der Waals surface area contributed by atoms with E-state index in [0.717, 1.165) is 0 Å². The molecular formula is C20H33N3O6. The molecule has 2 N–H and O–H groups in total. The Morgan fingerprint density at radius 3 is 2.41 bits per heavy atom. The lowest BCUT2D eigenvalue weighted by Gasteiger charge is -2.38. The third-order valence-electron chi connectivity index (χ3n) is 5.10. The minimum absolute atomic E-state index is 0.000805. The predicted octanol–water partition coefficient (Wildman–Crippen LogP) is 1.60. The molecule has 2 fully saturated rings. The molecule has 0 spiro atoms. The number of hydrogen-bond donors (Lipinski definition) is 2. The molecule has 0 aromatic rings. The number of carboxylic acids is 1. The zero-order valence-corrected chi connectivity index (χ0v) is 17.9. The molecule has 0 bridgehead atoms. The van der Waals surface area contributed by atoms with E-state index in [4.69, 9.17) is 4.74 Å². The van der Waals surface area contributed by atoms with Crippen LogP contribution >= 0.6 is 0 Å². The summed E-state index contributed by atoms with van der Waals surface area (Å²) in [5.74, 6) is -1.44. The minimum Gasteiger partial charge on any atom is -0.480 e. The lowest BCUT2D eigenvalue weighted by atomic mass is 10.0. The summed E-state index contributed by atoms with van der Waals surface area (Å²) in [6, 6.07) is -2.22. The Labute approximate surface area is 171 Å². The average Bonchev–Trinajstić information content (AvgIpc) is 2.96. The van der Waals surface area contributed by atoms with E-state index in [2.05, 4.69) is 5.32 Å². The van der Waals surface area contributed by atoms with Gasteiger partial charge in [-0.1, -0.05) is 13.8 Å². The van der Waals surface area contributed by atoms with E-state index >= 15 is 0 Å². The van der Waals surface area contributed by atoms with Crippen LogP contribution < -0.4 is 5.32 Å². The normalized spacial score (nSPS) is 25.3. The Hall–Kier alpha value is -2.32. The molecule has 3 atom stereocenters. The van der Waals surface area contributed by atoms with Crippen LogP contribution in [0.15, 0.2) is 0 Å². The molecule has 0 aromatic heterocycles. The van der Waals surface area contributed by atoms with Gasteiger partial charge in [0, 0.05) is 19.0 Å². The summed E-state index contributed by atoms with van der Waals surface area (Å²) < 4.78 is 5.27. The predicted molar refractivity (Wildman–Crippen MR) is 105 cm³/mol. The van der Waals surface area contributed by atoms with Crippen molar-refractivity contribution in [2.24, 2.45) is 5.92 Å². The first kappa shape index (κ1) is 23.0. The first-order valence-corrected chi connectivity index (χ1v) is 10.2. The fourth-order valence-corrected chi connectivity index (χ4v) is 3.88. The molecule has 0 saturated carbocycles. The van der Waals surface area contributed by atoms with Crippen LogP contribution in [0.25, 0.3) is 0 Å². The number of aliphatic carboxylic acids is 1. The molecule has 0 aromatic carbocycles. The molecule has 0 unspecified atom stereocenters. The molecule has 0 aliphatic carbocycles. The fourth-order valence-electron chi connectivity index (χ4n) is 3.88. The lowest BCUT2D eigenvalue weighted by molar-refractivity contribution is -0.152. The maximum atomic E-state index is 13.2. The highest BCUT2D eigenvalue weighted by Gasteiger charge is 2.45. The van der Waals surface area contributed by atoms with Crippen molar-refractivity contribution in [3.63, 3.8) is 0 Å². The number of amides is 3. The number of alkyl carbamates (subject to hydrolysis) is 1. The largest absolute Gasteiger partial charge is 0.480 e. The average molecular weight is 411 g/mol. The second kappa shape index (κ2) is 9.00. The number of fused-ring (bicyclic) bond motifs is 1. The highest BCUT2D eigenvalue weighted by atomic mass is 16.6. The van der Waals surface area contributed by atoms with Gasteiger partial charge in [0.1, 0.15) is 17.7 Å². The first-order chi connectivity index (χ1) is 13.4. The van der Waals surface area contributed by atoms with Crippen molar-refractivity contribution >= 4 is 23.9 Å². The second-order valence-electron chi connectivity index (χ2n) is 9.26. The molecule has 3 amide bonds. The van der Waals surface area contributed by atoms with Gasteiger partial charge < -0.3 is 25.0 Å². The molecule has 2 aliphatic rings. The molecule has 9 heteroatoms. The number of rotatable bonds is 4. The Bertz CT molecular complexity index is 657. The number of carbonyl (C=O) groups excluding carboxylic acids is 3. The van der Waals surface area contributed by atoms with Crippen LogP contribution in [-0.4, -0.2) is 75.6 Å². The summed E-state index contributed by atoms with van der Waals surface area (Å²) in [7, 11) is 0. The molecule has 0 radical (unpaired) electrons. The monoisotopic (exact) mass is 411 g/mol. The summed E-state index contributed by atoms with van der Waals surface area (Å²) in [6.07, 6.45) is 1.03. The van der Waals surface area contributed by atoms with Crippen molar-refractivity contribution < 1.29 is 29.0 Å². The Balaban J connectivity index is 2.27. The van der Waals surface area contributed by atoms with Crippen LogP contribution in [0.2, 0.25) is 0 Å². The molecule has 2 heterocycles. The first-order valence-electron chi connectivity index (χ1n) is 10.2. The molecule has 2 saturated heterocycles. The van der Waals surface area contributed by atoms with Crippen molar-refractivity contribution in [1.29, 1.82) is 0 Å². The van der Waals surface area contributed by atoms with E-state index in [9.17, 15) is 24.3 Å². The zero-order chi connectivity index (χ0) is 21.9. The van der Waals surface area contributed by atoms with Crippen molar-refractivity contribution in [1.82, 2.24) is 15.1 Å². The van der Waals surface area contributed by atoms with E-state index in [1.807, 2.05) is 13.8 Å². The number of hydrogen-bond acceptors (Lipinski definition) is 5. The number of ether oxygens (including phenoxy) is 1. The third-order valence-corrected chi connectivity index (χ3v) is 5.10. The van der Waals surface area contributed by atoms with Gasteiger partial charge in [0.15, 0.2) is 0 Å². The Morgan fingerprint density at radius 2 is 1.86 bits per heavy atom. The smallest absolute Gasteiger partial charge is 0.408 e. The van der Waals surface area contributed by atoms with E-state index in [-0.39, 0.29) is 24.4 Å². The fraction of sp³-hybridized carbons (Fsp3) is 0.800. The van der Waals surface area contributed by atoms with Crippen molar-refractivity contribution in [2.45, 2.75) is 84.0 Å². The molecule has 2 aliphatic heterocycles. The van der Waals surface area contributed by atoms with Crippen molar-refractivity contribution in [2.75, 3.05) is 13.1 Å². The number of carboxylic acid groups (broad SMARTS) is 1. The van der Waals surface area contributed by atoms with E-state index in [1.165, 1.54) is 4.90 Å². The van der Waals surface area contributed by atoms with Gasteiger partial charge >= 0.3 is 12.1 Å². The SMILES string of the molecule is CC(C)CC(=O)N1CC[C@H]2CC[C@@H](C(=O)O)N2C(=O)[C@@H](NC(=O)OC(C)(C)C)C1. The molecular weight excluding hydrogens is 378 g/mol. The van der Waals surface area contributed by atoms with E-state index in [0.29, 0.717) is 32.2 Å². The highest BCUT2D eigenvalue weighted by molar-refractivity contribution is 5.91. The molecule has 9 nitrogen and oxygen atoms in total. The highest BCUT2D eigenvalue weighted by Crippen LogP contribution is 2.29. The van der Waals surface area contributed by atoms with E-state index < -0.39 is 35.7 Å². The third kappa shape index (κ3) is 6.08. The lowest BCUT2D eigenvalue weighted by Crippen LogP contribution is -2.60. The van der Waals surface area contributed by atoms with E-state index in [1.54, 1.807) is 25.7 Å². The van der Waals surface area contributed by atoms with Gasteiger partial charge in [0.2, 0.25) is 11.8 Å². The number of nitrogens with zero attached hydrogens (tertiary/aromatic N) is 2. The van der Waals surface area contributed by atoms with Crippen molar-refractivity contribution in [3.05, 3.63) is 0 Å². The summed E-state index contributed by atoms with van der Waals surface area (Å²) in [5, 5.41) is 12.1. The van der Waals surface area contributed by atoms with Gasteiger partial charge in [0.25, 0.3) is 0 Å². The van der Waals surface area contributed by atoms with Crippen LogP contribution in [0, 0.1) is 5.92 Å². The Kier molecular flexibility index (Phi) is 7.13. The number of nitrogens with one attached hydrogen (secondary N) is 1. The van der Waals surface area contributed by atoms with Crippen LogP contribution in [0.1, 0.15) is 60.3 Å². The summed E-state index contributed by atoms with van der Waals surface area (Å²) in [4.78, 5) is 52.8. The van der Waals surface area contributed by atoms with Gasteiger partial charge in [-0.2, -0.15) is 0 Å². The maximum absolute atomic E-state index is 13.2. The molecule has 29 heavy (non-hydrogen) atoms. The quantitative estimate of drug-likeness (QED) is 0.726. The van der Waals surface area contributed by atoms with Crippen molar-refractivity contribution in [3.8, 4) is 0 Å². The summed E-state index contributed by atoms with van der Waals surface area (Å²) in [5.41, 5.74) is -0.748. The molecule has 2 rings (SSSR count).